The summed E-state index contributed by atoms with van der Waals surface area (Å²) < 4.78 is 5.56. The largest absolute Gasteiger partial charge is 0.377 e. The number of hydrogen-bond donors (Lipinski definition) is 1. The van der Waals surface area contributed by atoms with Crippen LogP contribution in [0.15, 0.2) is 30.3 Å². The molecule has 1 aromatic carbocycles. The van der Waals surface area contributed by atoms with Gasteiger partial charge in [-0.15, -0.1) is 0 Å². The third-order valence-electron chi connectivity index (χ3n) is 3.98. The van der Waals surface area contributed by atoms with Gasteiger partial charge in [0.05, 0.1) is 12.7 Å². The van der Waals surface area contributed by atoms with Crippen LogP contribution in [0.4, 0.5) is 0 Å². The van der Waals surface area contributed by atoms with Gasteiger partial charge in [-0.25, -0.2) is 0 Å². The Morgan fingerprint density at radius 3 is 2.42 bits per heavy atom. The van der Waals surface area contributed by atoms with Crippen LogP contribution in [-0.4, -0.2) is 25.3 Å². The van der Waals surface area contributed by atoms with Crippen LogP contribution in [0.2, 0.25) is 0 Å². The fourth-order valence-electron chi connectivity index (χ4n) is 2.91. The zero-order valence-electron chi connectivity index (χ0n) is 12.3. The first kappa shape index (κ1) is 14.5. The Kier molecular flexibility index (Phi) is 5.87. The molecule has 0 radical (unpaired) electrons. The molecule has 106 valence electrons. The van der Waals surface area contributed by atoms with E-state index in [9.17, 15) is 0 Å². The first-order chi connectivity index (χ1) is 9.25. The number of benzene rings is 1. The Labute approximate surface area is 117 Å². The highest BCUT2D eigenvalue weighted by atomic mass is 16.5. The molecule has 1 fully saturated rings. The molecule has 2 nitrogen and oxygen atoms in total. The van der Waals surface area contributed by atoms with Gasteiger partial charge in [0.1, 0.15) is 0 Å². The first-order valence-electron chi connectivity index (χ1n) is 7.65. The van der Waals surface area contributed by atoms with Crippen molar-refractivity contribution in [3.8, 4) is 0 Å². The summed E-state index contributed by atoms with van der Waals surface area (Å²) >= 11 is 0. The van der Waals surface area contributed by atoms with Crippen LogP contribution in [0.1, 0.15) is 51.0 Å². The standard InChI is InChI=1S/C17H27NO/c1-14(2)19-13-12-18-17-10-8-16(9-11-17)15-6-4-3-5-7-15/h3-7,14,16-18H,8-13H2,1-2H3. The maximum atomic E-state index is 5.56. The first-order valence-corrected chi connectivity index (χ1v) is 7.65. The Morgan fingerprint density at radius 1 is 1.11 bits per heavy atom. The van der Waals surface area contributed by atoms with Gasteiger partial charge in [-0.3, -0.25) is 0 Å². The zero-order valence-corrected chi connectivity index (χ0v) is 12.3. The summed E-state index contributed by atoms with van der Waals surface area (Å²) in [6.45, 7) is 5.99. The second-order valence-corrected chi connectivity index (χ2v) is 5.83. The van der Waals surface area contributed by atoms with E-state index >= 15 is 0 Å². The molecule has 0 unspecified atom stereocenters. The minimum atomic E-state index is 0.343. The molecule has 0 spiro atoms. The van der Waals surface area contributed by atoms with Crippen LogP contribution in [0.5, 0.6) is 0 Å². The van der Waals surface area contributed by atoms with E-state index in [1.807, 2.05) is 0 Å². The minimum Gasteiger partial charge on any atom is -0.377 e. The van der Waals surface area contributed by atoms with E-state index in [-0.39, 0.29) is 0 Å². The molecule has 0 atom stereocenters. The van der Waals surface area contributed by atoms with Crippen molar-refractivity contribution in [2.45, 2.75) is 57.6 Å². The van der Waals surface area contributed by atoms with Crippen LogP contribution >= 0.6 is 0 Å². The molecule has 0 amide bonds. The molecule has 1 N–H and O–H groups in total. The van der Waals surface area contributed by atoms with Crippen LogP contribution < -0.4 is 5.32 Å². The van der Waals surface area contributed by atoms with E-state index in [0.29, 0.717) is 12.1 Å². The lowest BCUT2D eigenvalue weighted by atomic mass is 9.82. The summed E-state index contributed by atoms with van der Waals surface area (Å²) in [5.41, 5.74) is 1.52. The number of ether oxygens (including phenoxy) is 1. The van der Waals surface area contributed by atoms with E-state index in [1.54, 1.807) is 0 Å². The maximum Gasteiger partial charge on any atom is 0.0594 e. The molecule has 0 heterocycles. The molecule has 0 aromatic heterocycles. The minimum absolute atomic E-state index is 0.343. The lowest BCUT2D eigenvalue weighted by Crippen LogP contribution is -2.35. The van der Waals surface area contributed by atoms with E-state index in [0.717, 1.165) is 19.1 Å². The molecule has 0 saturated heterocycles. The van der Waals surface area contributed by atoms with E-state index < -0.39 is 0 Å². The molecule has 0 bridgehead atoms. The maximum absolute atomic E-state index is 5.56. The highest BCUT2D eigenvalue weighted by Gasteiger charge is 2.21. The molecule has 1 aromatic rings. The fourth-order valence-corrected chi connectivity index (χ4v) is 2.91. The smallest absolute Gasteiger partial charge is 0.0594 e. The zero-order chi connectivity index (χ0) is 13.5. The van der Waals surface area contributed by atoms with E-state index in [4.69, 9.17) is 4.74 Å². The molecule has 19 heavy (non-hydrogen) atoms. The van der Waals surface area contributed by atoms with Crippen molar-refractivity contribution in [3.63, 3.8) is 0 Å². The molecule has 2 heteroatoms. The lowest BCUT2D eigenvalue weighted by molar-refractivity contribution is 0.0783. The monoisotopic (exact) mass is 261 g/mol. The van der Waals surface area contributed by atoms with E-state index in [1.165, 1.54) is 31.2 Å². The highest BCUT2D eigenvalue weighted by molar-refractivity contribution is 5.20. The fraction of sp³-hybridized carbons (Fsp3) is 0.647. The number of nitrogens with one attached hydrogen (secondary N) is 1. The van der Waals surface area contributed by atoms with Crippen LogP contribution in [0.25, 0.3) is 0 Å². The Bertz CT molecular complexity index is 342. The summed E-state index contributed by atoms with van der Waals surface area (Å²) in [5.74, 6) is 0.770. The van der Waals surface area contributed by atoms with Crippen molar-refractivity contribution in [3.05, 3.63) is 35.9 Å². The number of hydrogen-bond acceptors (Lipinski definition) is 2. The molecule has 1 aliphatic rings. The summed E-state index contributed by atoms with van der Waals surface area (Å²) in [5, 5.41) is 3.62. The third-order valence-corrected chi connectivity index (χ3v) is 3.98. The summed E-state index contributed by atoms with van der Waals surface area (Å²) in [6.07, 6.45) is 5.55. The average molecular weight is 261 g/mol. The van der Waals surface area contributed by atoms with Gasteiger partial charge in [0.15, 0.2) is 0 Å². The lowest BCUT2D eigenvalue weighted by Gasteiger charge is -2.29. The van der Waals surface area contributed by atoms with Crippen molar-refractivity contribution < 1.29 is 4.74 Å². The summed E-state index contributed by atoms with van der Waals surface area (Å²) in [4.78, 5) is 0. The Balaban J connectivity index is 1.65. The second kappa shape index (κ2) is 7.66. The average Bonchev–Trinajstić information content (AvgIpc) is 2.45. The van der Waals surface area contributed by atoms with Crippen LogP contribution in [0.3, 0.4) is 0 Å². The van der Waals surface area contributed by atoms with Crippen molar-refractivity contribution in [2.75, 3.05) is 13.2 Å². The van der Waals surface area contributed by atoms with Crippen molar-refractivity contribution >= 4 is 0 Å². The molecule has 0 aliphatic heterocycles. The SMILES string of the molecule is CC(C)OCCNC1CCC(c2ccccc2)CC1. The van der Waals surface area contributed by atoms with Crippen molar-refractivity contribution in [2.24, 2.45) is 0 Å². The normalized spacial score (nSPS) is 23.7. The topological polar surface area (TPSA) is 21.3 Å². The van der Waals surface area contributed by atoms with Crippen molar-refractivity contribution in [1.29, 1.82) is 0 Å². The second-order valence-electron chi connectivity index (χ2n) is 5.83. The molecule has 1 saturated carbocycles. The van der Waals surface area contributed by atoms with Crippen LogP contribution in [0, 0.1) is 0 Å². The van der Waals surface area contributed by atoms with E-state index in [2.05, 4.69) is 49.5 Å². The quantitative estimate of drug-likeness (QED) is 0.788. The van der Waals surface area contributed by atoms with Gasteiger partial charge in [0, 0.05) is 12.6 Å². The summed E-state index contributed by atoms with van der Waals surface area (Å²) in [6, 6.07) is 11.6. The number of rotatable bonds is 6. The third kappa shape index (κ3) is 4.96. The van der Waals surface area contributed by atoms with Gasteiger partial charge < -0.3 is 10.1 Å². The molecule has 2 rings (SSSR count). The van der Waals surface area contributed by atoms with Gasteiger partial charge in [0.25, 0.3) is 0 Å². The van der Waals surface area contributed by atoms with Gasteiger partial charge in [-0.1, -0.05) is 30.3 Å². The Morgan fingerprint density at radius 2 is 1.79 bits per heavy atom. The van der Waals surface area contributed by atoms with Crippen LogP contribution in [-0.2, 0) is 4.74 Å². The predicted octanol–water partition coefficient (Wildman–Crippen LogP) is 3.73. The Hall–Kier alpha value is -0.860. The van der Waals surface area contributed by atoms with Crippen molar-refractivity contribution in [1.82, 2.24) is 5.32 Å². The molecular weight excluding hydrogens is 234 g/mol. The molecular formula is C17H27NO. The molecule has 1 aliphatic carbocycles. The van der Waals surface area contributed by atoms with Gasteiger partial charge in [-0.05, 0) is 51.0 Å². The predicted molar refractivity (Wildman–Crippen MR) is 80.5 cm³/mol. The highest BCUT2D eigenvalue weighted by Crippen LogP contribution is 2.32. The van der Waals surface area contributed by atoms with Gasteiger partial charge >= 0.3 is 0 Å². The summed E-state index contributed by atoms with van der Waals surface area (Å²) in [7, 11) is 0. The van der Waals surface area contributed by atoms with Gasteiger partial charge in [-0.2, -0.15) is 0 Å². The van der Waals surface area contributed by atoms with Gasteiger partial charge in [0.2, 0.25) is 0 Å².